The molecule has 17 heavy (non-hydrogen) atoms. The van der Waals surface area contributed by atoms with E-state index in [1.165, 1.54) is 26.1 Å². The van der Waals surface area contributed by atoms with Crippen LogP contribution in [-0.2, 0) is 10.0 Å². The summed E-state index contributed by atoms with van der Waals surface area (Å²) in [4.78, 5) is 0.0247. The van der Waals surface area contributed by atoms with E-state index in [0.717, 1.165) is 4.31 Å². The van der Waals surface area contributed by atoms with Crippen LogP contribution < -0.4 is 0 Å². The van der Waals surface area contributed by atoms with Gasteiger partial charge in [0.15, 0.2) is 0 Å². The van der Waals surface area contributed by atoms with Crippen LogP contribution in [0.4, 0.5) is 0 Å². The summed E-state index contributed by atoms with van der Waals surface area (Å²) >= 11 is 9.07. The second kappa shape index (κ2) is 5.67. The van der Waals surface area contributed by atoms with Crippen LogP contribution in [0, 0.1) is 0 Å². The lowest BCUT2D eigenvalue weighted by atomic mass is 10.4. The fraction of sp³-hybridized carbons (Fsp3) is 0.400. The maximum absolute atomic E-state index is 12.2. The minimum Gasteiger partial charge on any atom is -0.392 e. The standard InChI is InChI=1S/C10H13BrClNO3S/c1-7(14)6-13(2)17(15,16)10-5-8(11)3-4-9(10)12/h3-5,7,14H,6H2,1-2H3. The molecule has 1 unspecified atom stereocenters. The molecule has 1 rings (SSSR count). The van der Waals surface area contributed by atoms with E-state index in [1.54, 1.807) is 6.07 Å². The van der Waals surface area contributed by atoms with Gasteiger partial charge in [-0.2, -0.15) is 4.31 Å². The van der Waals surface area contributed by atoms with Crippen LogP contribution in [0.2, 0.25) is 5.02 Å². The second-order valence-electron chi connectivity index (χ2n) is 3.71. The van der Waals surface area contributed by atoms with Crippen LogP contribution >= 0.6 is 27.5 Å². The molecule has 0 aliphatic heterocycles. The Hall–Kier alpha value is -0.140. The third kappa shape index (κ3) is 3.66. The monoisotopic (exact) mass is 341 g/mol. The molecule has 0 bridgehead atoms. The number of likely N-dealkylation sites (N-methyl/N-ethyl adjacent to an activating group) is 1. The molecular formula is C10H13BrClNO3S. The first-order chi connectivity index (χ1) is 7.75. The number of halogens is 2. The van der Waals surface area contributed by atoms with Gasteiger partial charge in [-0.15, -0.1) is 0 Å². The Balaban J connectivity index is 3.17. The highest BCUT2D eigenvalue weighted by atomic mass is 79.9. The first kappa shape index (κ1) is 14.9. The van der Waals surface area contributed by atoms with Gasteiger partial charge in [0.25, 0.3) is 0 Å². The molecule has 0 saturated carbocycles. The van der Waals surface area contributed by atoms with Crippen LogP contribution in [0.15, 0.2) is 27.6 Å². The van der Waals surface area contributed by atoms with Crippen molar-refractivity contribution in [3.05, 3.63) is 27.7 Å². The summed E-state index contributed by atoms with van der Waals surface area (Å²) in [6.07, 6.45) is -0.735. The lowest BCUT2D eigenvalue weighted by molar-refractivity contribution is 0.171. The average Bonchev–Trinajstić information content (AvgIpc) is 2.20. The maximum atomic E-state index is 12.2. The number of aliphatic hydroxyl groups is 1. The van der Waals surface area contributed by atoms with Crippen molar-refractivity contribution in [3.63, 3.8) is 0 Å². The Morgan fingerprint density at radius 3 is 2.65 bits per heavy atom. The molecule has 0 saturated heterocycles. The molecule has 0 radical (unpaired) electrons. The van der Waals surface area contributed by atoms with Crippen molar-refractivity contribution in [3.8, 4) is 0 Å². The van der Waals surface area contributed by atoms with Crippen molar-refractivity contribution in [2.75, 3.05) is 13.6 Å². The Labute approximate surface area is 114 Å². The van der Waals surface area contributed by atoms with Crippen LogP contribution in [0.3, 0.4) is 0 Å². The normalized spacial score (nSPS) is 14.0. The predicted molar refractivity (Wildman–Crippen MR) is 70.6 cm³/mol. The first-order valence-corrected chi connectivity index (χ1v) is 7.45. The molecular weight excluding hydrogens is 330 g/mol. The zero-order chi connectivity index (χ0) is 13.2. The summed E-state index contributed by atoms with van der Waals surface area (Å²) in [6.45, 7) is 1.54. The highest BCUT2D eigenvalue weighted by molar-refractivity contribution is 9.10. The summed E-state index contributed by atoms with van der Waals surface area (Å²) in [5, 5.41) is 9.37. The van der Waals surface area contributed by atoms with Gasteiger partial charge < -0.3 is 5.11 Å². The summed E-state index contributed by atoms with van der Waals surface area (Å²) in [5.41, 5.74) is 0. The molecule has 7 heteroatoms. The Morgan fingerprint density at radius 2 is 2.12 bits per heavy atom. The Morgan fingerprint density at radius 1 is 1.53 bits per heavy atom. The molecule has 0 fully saturated rings. The number of sulfonamides is 1. The van der Waals surface area contributed by atoms with E-state index in [2.05, 4.69) is 15.9 Å². The molecule has 0 aromatic heterocycles. The molecule has 1 aromatic rings. The van der Waals surface area contributed by atoms with E-state index in [4.69, 9.17) is 11.6 Å². The number of hydrogen-bond donors (Lipinski definition) is 1. The van der Waals surface area contributed by atoms with Gasteiger partial charge >= 0.3 is 0 Å². The maximum Gasteiger partial charge on any atom is 0.244 e. The molecule has 0 spiro atoms. The SMILES string of the molecule is CC(O)CN(C)S(=O)(=O)c1cc(Br)ccc1Cl. The van der Waals surface area contributed by atoms with Gasteiger partial charge in [-0.1, -0.05) is 27.5 Å². The third-order valence-corrected chi connectivity index (χ3v) is 4.90. The average molecular weight is 343 g/mol. The molecule has 4 nitrogen and oxygen atoms in total. The van der Waals surface area contributed by atoms with E-state index in [9.17, 15) is 13.5 Å². The smallest absolute Gasteiger partial charge is 0.244 e. The highest BCUT2D eigenvalue weighted by Crippen LogP contribution is 2.27. The number of benzene rings is 1. The molecule has 0 heterocycles. The number of rotatable bonds is 4. The molecule has 0 aliphatic carbocycles. The van der Waals surface area contributed by atoms with Gasteiger partial charge in [0.05, 0.1) is 11.1 Å². The van der Waals surface area contributed by atoms with Crippen molar-refractivity contribution in [1.29, 1.82) is 0 Å². The van der Waals surface area contributed by atoms with Crippen LogP contribution in [0.1, 0.15) is 6.92 Å². The van der Waals surface area contributed by atoms with E-state index < -0.39 is 16.1 Å². The molecule has 1 atom stereocenters. The lowest BCUT2D eigenvalue weighted by Crippen LogP contribution is -2.33. The minimum absolute atomic E-state index is 0.0190. The fourth-order valence-corrected chi connectivity index (χ4v) is 3.57. The van der Waals surface area contributed by atoms with E-state index in [1.807, 2.05) is 0 Å². The minimum atomic E-state index is -3.68. The van der Waals surface area contributed by atoms with Crippen LogP contribution in [0.25, 0.3) is 0 Å². The quantitative estimate of drug-likeness (QED) is 0.911. The second-order valence-corrected chi connectivity index (χ2v) is 7.05. The first-order valence-electron chi connectivity index (χ1n) is 4.84. The topological polar surface area (TPSA) is 57.6 Å². The fourth-order valence-electron chi connectivity index (χ4n) is 1.31. The van der Waals surface area contributed by atoms with Gasteiger partial charge in [-0.3, -0.25) is 0 Å². The summed E-state index contributed by atoms with van der Waals surface area (Å²) < 4.78 is 26.0. The van der Waals surface area contributed by atoms with Gasteiger partial charge in [0, 0.05) is 18.1 Å². The van der Waals surface area contributed by atoms with Crippen molar-refractivity contribution >= 4 is 37.6 Å². The van der Waals surface area contributed by atoms with E-state index >= 15 is 0 Å². The molecule has 1 aromatic carbocycles. The lowest BCUT2D eigenvalue weighted by Gasteiger charge is -2.19. The van der Waals surface area contributed by atoms with Gasteiger partial charge in [-0.05, 0) is 25.1 Å². The van der Waals surface area contributed by atoms with Gasteiger partial charge in [0.2, 0.25) is 10.0 Å². The van der Waals surface area contributed by atoms with Crippen LogP contribution in [-0.4, -0.2) is 37.5 Å². The van der Waals surface area contributed by atoms with Gasteiger partial charge in [-0.25, -0.2) is 8.42 Å². The zero-order valence-corrected chi connectivity index (χ0v) is 12.6. The van der Waals surface area contributed by atoms with Crippen molar-refractivity contribution in [2.24, 2.45) is 0 Å². The van der Waals surface area contributed by atoms with Crippen molar-refractivity contribution in [2.45, 2.75) is 17.9 Å². The van der Waals surface area contributed by atoms with Crippen molar-refractivity contribution < 1.29 is 13.5 Å². The number of hydrogen-bond acceptors (Lipinski definition) is 3. The Bertz CT molecular complexity index is 504. The van der Waals surface area contributed by atoms with Crippen molar-refractivity contribution in [1.82, 2.24) is 4.31 Å². The summed E-state index contributed by atoms with van der Waals surface area (Å²) in [7, 11) is -2.27. The summed E-state index contributed by atoms with van der Waals surface area (Å²) in [5.74, 6) is 0. The van der Waals surface area contributed by atoms with E-state index in [-0.39, 0.29) is 16.5 Å². The molecule has 0 amide bonds. The highest BCUT2D eigenvalue weighted by Gasteiger charge is 2.24. The number of aliphatic hydroxyl groups excluding tert-OH is 1. The Kier molecular flexibility index (Phi) is 4.97. The van der Waals surface area contributed by atoms with Gasteiger partial charge in [0.1, 0.15) is 4.90 Å². The van der Waals surface area contributed by atoms with E-state index in [0.29, 0.717) is 4.47 Å². The largest absolute Gasteiger partial charge is 0.392 e. The molecule has 1 N–H and O–H groups in total. The third-order valence-electron chi connectivity index (χ3n) is 2.10. The molecule has 96 valence electrons. The predicted octanol–water partition coefficient (Wildman–Crippen LogP) is 2.10. The molecule has 0 aliphatic rings. The summed E-state index contributed by atoms with van der Waals surface area (Å²) in [6, 6.07) is 4.61. The number of nitrogens with zero attached hydrogens (tertiary/aromatic N) is 1. The van der Waals surface area contributed by atoms with Crippen LogP contribution in [0.5, 0.6) is 0 Å². The zero-order valence-electron chi connectivity index (χ0n) is 9.39.